The van der Waals surface area contributed by atoms with E-state index in [1.807, 2.05) is 13.8 Å². The molecule has 0 bridgehead atoms. The fraction of sp³-hybridized carbons (Fsp3) is 0.385. The fourth-order valence-electron chi connectivity index (χ4n) is 1.78. The van der Waals surface area contributed by atoms with Crippen LogP contribution in [0.5, 0.6) is 5.75 Å². The molecule has 6 heteroatoms. The highest BCUT2D eigenvalue weighted by molar-refractivity contribution is 6.32. The van der Waals surface area contributed by atoms with Crippen LogP contribution in [0.2, 0.25) is 5.02 Å². The van der Waals surface area contributed by atoms with Crippen molar-refractivity contribution in [2.45, 2.75) is 20.0 Å². The number of aromatic nitrogens is 2. The summed E-state index contributed by atoms with van der Waals surface area (Å²) in [5.74, 6) is 1.09. The summed E-state index contributed by atoms with van der Waals surface area (Å²) in [5, 5.41) is 13.5. The number of ether oxygens (including phenoxy) is 1. The van der Waals surface area contributed by atoms with E-state index in [0.717, 1.165) is 0 Å². The minimum Gasteiger partial charge on any atom is -0.506 e. The van der Waals surface area contributed by atoms with Crippen LogP contribution in [0.3, 0.4) is 0 Å². The molecule has 1 N–H and O–H groups in total. The molecule has 0 aliphatic rings. The number of methoxy groups -OCH3 is 1. The zero-order valence-electron chi connectivity index (χ0n) is 10.9. The van der Waals surface area contributed by atoms with Crippen LogP contribution in [0.1, 0.15) is 25.8 Å². The summed E-state index contributed by atoms with van der Waals surface area (Å²) in [6.07, 6.45) is -0.218. The van der Waals surface area contributed by atoms with Crippen LogP contribution in [-0.2, 0) is 4.74 Å². The Morgan fingerprint density at radius 2 is 2.11 bits per heavy atom. The van der Waals surface area contributed by atoms with Gasteiger partial charge in [0.2, 0.25) is 5.82 Å². The van der Waals surface area contributed by atoms with Gasteiger partial charge in [0.15, 0.2) is 0 Å². The van der Waals surface area contributed by atoms with Crippen molar-refractivity contribution in [3.05, 3.63) is 29.0 Å². The number of halogens is 1. The zero-order chi connectivity index (χ0) is 14.0. The highest BCUT2D eigenvalue weighted by atomic mass is 35.5. The molecule has 2 aromatic rings. The van der Waals surface area contributed by atoms with Gasteiger partial charge in [-0.15, -0.1) is 0 Å². The minimum absolute atomic E-state index is 0.0158. The van der Waals surface area contributed by atoms with Gasteiger partial charge < -0.3 is 14.4 Å². The molecule has 1 aromatic heterocycles. The molecule has 1 unspecified atom stereocenters. The van der Waals surface area contributed by atoms with Crippen molar-refractivity contribution in [1.82, 2.24) is 10.1 Å². The first-order valence-electron chi connectivity index (χ1n) is 5.88. The van der Waals surface area contributed by atoms with E-state index in [1.165, 1.54) is 6.07 Å². The lowest BCUT2D eigenvalue weighted by molar-refractivity contribution is 0.0556. The molecular formula is C13H15ClN2O3. The van der Waals surface area contributed by atoms with Gasteiger partial charge >= 0.3 is 0 Å². The number of nitrogens with zero attached hydrogens (tertiary/aromatic N) is 2. The second-order valence-electron chi connectivity index (χ2n) is 4.52. The van der Waals surface area contributed by atoms with Gasteiger partial charge in [0.05, 0.1) is 5.02 Å². The number of rotatable bonds is 4. The van der Waals surface area contributed by atoms with E-state index in [-0.39, 0.29) is 22.8 Å². The topological polar surface area (TPSA) is 68.4 Å². The average Bonchev–Trinajstić information content (AvgIpc) is 2.82. The van der Waals surface area contributed by atoms with E-state index in [0.29, 0.717) is 17.3 Å². The Morgan fingerprint density at radius 3 is 2.68 bits per heavy atom. The molecule has 0 spiro atoms. The number of hydrogen-bond donors (Lipinski definition) is 1. The van der Waals surface area contributed by atoms with Crippen LogP contribution in [0.25, 0.3) is 11.5 Å². The molecule has 0 fully saturated rings. The van der Waals surface area contributed by atoms with Crippen molar-refractivity contribution >= 4 is 11.6 Å². The maximum Gasteiger partial charge on any atom is 0.258 e. The molecule has 0 aliphatic heterocycles. The van der Waals surface area contributed by atoms with Crippen LogP contribution in [-0.4, -0.2) is 22.4 Å². The summed E-state index contributed by atoms with van der Waals surface area (Å²) in [5.41, 5.74) is 0.653. The minimum atomic E-state index is -0.218. The molecule has 0 aliphatic carbocycles. The smallest absolute Gasteiger partial charge is 0.258 e. The van der Waals surface area contributed by atoms with Crippen molar-refractivity contribution in [1.29, 1.82) is 0 Å². The lowest BCUT2D eigenvalue weighted by Gasteiger charge is -2.14. The second-order valence-corrected chi connectivity index (χ2v) is 4.93. The van der Waals surface area contributed by atoms with Crippen LogP contribution < -0.4 is 0 Å². The van der Waals surface area contributed by atoms with Crippen molar-refractivity contribution in [3.8, 4) is 17.2 Å². The summed E-state index contributed by atoms with van der Waals surface area (Å²) >= 11 is 5.85. The van der Waals surface area contributed by atoms with E-state index < -0.39 is 0 Å². The second kappa shape index (κ2) is 5.59. The van der Waals surface area contributed by atoms with Crippen LogP contribution in [0.4, 0.5) is 0 Å². The Balaban J connectivity index is 2.32. The van der Waals surface area contributed by atoms with Crippen LogP contribution >= 0.6 is 11.6 Å². The van der Waals surface area contributed by atoms with Gasteiger partial charge in [0, 0.05) is 12.7 Å². The van der Waals surface area contributed by atoms with Gasteiger partial charge in [0.1, 0.15) is 11.9 Å². The fourth-order valence-corrected chi connectivity index (χ4v) is 1.96. The third-order valence-corrected chi connectivity index (χ3v) is 3.05. The van der Waals surface area contributed by atoms with Gasteiger partial charge in [-0.25, -0.2) is 0 Å². The normalized spacial score (nSPS) is 12.9. The predicted molar refractivity (Wildman–Crippen MR) is 71.0 cm³/mol. The molecule has 0 saturated carbocycles. The quantitative estimate of drug-likeness (QED) is 0.930. The Labute approximate surface area is 116 Å². The lowest BCUT2D eigenvalue weighted by atomic mass is 10.1. The van der Waals surface area contributed by atoms with Crippen molar-refractivity contribution < 1.29 is 14.4 Å². The summed E-state index contributed by atoms with van der Waals surface area (Å²) < 4.78 is 10.5. The van der Waals surface area contributed by atoms with E-state index in [1.54, 1.807) is 19.2 Å². The van der Waals surface area contributed by atoms with Gasteiger partial charge in [-0.1, -0.05) is 30.6 Å². The molecule has 2 rings (SSSR count). The largest absolute Gasteiger partial charge is 0.506 e. The van der Waals surface area contributed by atoms with Crippen LogP contribution in [0.15, 0.2) is 22.7 Å². The standard InChI is InChI=1S/C13H15ClN2O3/c1-7(2)11(18-3)12-15-13(19-16-12)8-4-5-10(17)9(14)6-8/h4-7,11,17H,1-3H3. The number of aromatic hydroxyl groups is 1. The molecule has 19 heavy (non-hydrogen) atoms. The molecular weight excluding hydrogens is 268 g/mol. The average molecular weight is 283 g/mol. The Kier molecular flexibility index (Phi) is 4.07. The first-order valence-corrected chi connectivity index (χ1v) is 6.26. The van der Waals surface area contributed by atoms with Gasteiger partial charge in [0.25, 0.3) is 5.89 Å². The highest BCUT2D eigenvalue weighted by Crippen LogP contribution is 2.30. The Hall–Kier alpha value is -1.59. The molecule has 1 heterocycles. The first kappa shape index (κ1) is 13.8. The number of hydrogen-bond acceptors (Lipinski definition) is 5. The summed E-state index contributed by atoms with van der Waals surface area (Å²) in [6.45, 7) is 4.03. The molecule has 1 atom stereocenters. The van der Waals surface area contributed by atoms with Gasteiger partial charge in [-0.3, -0.25) is 0 Å². The van der Waals surface area contributed by atoms with Crippen molar-refractivity contribution in [2.24, 2.45) is 5.92 Å². The zero-order valence-corrected chi connectivity index (χ0v) is 11.7. The first-order chi connectivity index (χ1) is 9.02. The summed E-state index contributed by atoms with van der Waals surface area (Å²) in [6, 6.07) is 4.72. The van der Waals surface area contributed by atoms with Crippen molar-refractivity contribution in [2.75, 3.05) is 7.11 Å². The maximum absolute atomic E-state index is 9.38. The Morgan fingerprint density at radius 1 is 1.37 bits per heavy atom. The third kappa shape index (κ3) is 2.88. The highest BCUT2D eigenvalue weighted by Gasteiger charge is 2.22. The lowest BCUT2D eigenvalue weighted by Crippen LogP contribution is -2.10. The molecule has 0 amide bonds. The molecule has 0 radical (unpaired) electrons. The molecule has 5 nitrogen and oxygen atoms in total. The Bertz CT molecular complexity index is 569. The van der Waals surface area contributed by atoms with E-state index in [4.69, 9.17) is 20.9 Å². The predicted octanol–water partition coefficient (Wildman–Crippen LogP) is 3.44. The molecule has 0 saturated heterocycles. The number of benzene rings is 1. The SMILES string of the molecule is COC(c1noc(-c2ccc(O)c(Cl)c2)n1)C(C)C. The molecule has 1 aromatic carbocycles. The third-order valence-electron chi connectivity index (χ3n) is 2.75. The van der Waals surface area contributed by atoms with Crippen LogP contribution in [0, 0.1) is 5.92 Å². The van der Waals surface area contributed by atoms with E-state index in [2.05, 4.69) is 10.1 Å². The monoisotopic (exact) mass is 282 g/mol. The number of phenols is 1. The summed E-state index contributed by atoms with van der Waals surface area (Å²) in [7, 11) is 1.61. The number of phenolic OH excluding ortho intramolecular Hbond substituents is 1. The molecule has 102 valence electrons. The van der Waals surface area contributed by atoms with E-state index >= 15 is 0 Å². The van der Waals surface area contributed by atoms with Gasteiger partial charge in [-0.2, -0.15) is 4.98 Å². The van der Waals surface area contributed by atoms with E-state index in [9.17, 15) is 5.11 Å². The summed E-state index contributed by atoms with van der Waals surface area (Å²) in [4.78, 5) is 4.30. The van der Waals surface area contributed by atoms with Gasteiger partial charge in [-0.05, 0) is 24.1 Å². The maximum atomic E-state index is 9.38. The van der Waals surface area contributed by atoms with Crippen molar-refractivity contribution in [3.63, 3.8) is 0 Å².